The molecule has 0 radical (unpaired) electrons. The smallest absolute Gasteiger partial charge is 0.259 e. The number of nitrogens with zero attached hydrogens (tertiary/aromatic N) is 1. The summed E-state index contributed by atoms with van der Waals surface area (Å²) < 4.78 is 11.2. The lowest BCUT2D eigenvalue weighted by Crippen LogP contribution is -2.34. The lowest BCUT2D eigenvalue weighted by Gasteiger charge is -2.11. The number of rotatable bonds is 9. The number of hydrogen-bond donors (Lipinski definition) is 2. The molecule has 3 rings (SSSR count). The molecule has 0 aliphatic rings. The third-order valence-corrected chi connectivity index (χ3v) is 4.56. The molecule has 8 heteroatoms. The van der Waals surface area contributed by atoms with Gasteiger partial charge in [0.1, 0.15) is 6.61 Å². The first-order valence-electron chi connectivity index (χ1n) is 9.75. The lowest BCUT2D eigenvalue weighted by molar-refractivity contribution is -0.120. The molecular formula is C24H22ClN3O4. The maximum Gasteiger partial charge on any atom is 0.259 e. The van der Waals surface area contributed by atoms with E-state index in [1.54, 1.807) is 43.5 Å². The quantitative estimate of drug-likeness (QED) is 0.382. The minimum absolute atomic E-state index is 0.225. The third-order valence-electron chi connectivity index (χ3n) is 4.32. The zero-order valence-corrected chi connectivity index (χ0v) is 18.1. The number of nitrogens with one attached hydrogen (secondary N) is 2. The van der Waals surface area contributed by atoms with E-state index in [1.165, 1.54) is 12.3 Å². The standard InChI is InChI=1S/C24H22ClN3O4/c1-31-21-11-10-18(12-22(21)32-16-17-6-3-2-4-7-17)14-27-28-23(29)15-26-24(30)19-8-5-9-20(25)13-19/h2-14H,15-16H2,1H3,(H,26,30)(H,28,29)/b27-14+. The van der Waals surface area contributed by atoms with Crippen LogP contribution in [0, 0.1) is 0 Å². The van der Waals surface area contributed by atoms with Crippen LogP contribution in [0.25, 0.3) is 0 Å². The average molecular weight is 452 g/mol. The van der Waals surface area contributed by atoms with E-state index >= 15 is 0 Å². The van der Waals surface area contributed by atoms with Crippen LogP contribution >= 0.6 is 11.6 Å². The maximum absolute atomic E-state index is 12.0. The first-order valence-corrected chi connectivity index (χ1v) is 10.1. The molecule has 0 atom stereocenters. The van der Waals surface area contributed by atoms with Gasteiger partial charge in [-0.15, -0.1) is 0 Å². The number of methoxy groups -OCH3 is 1. The van der Waals surface area contributed by atoms with Gasteiger partial charge < -0.3 is 14.8 Å². The van der Waals surface area contributed by atoms with Crippen LogP contribution in [0.4, 0.5) is 0 Å². The number of carbonyl (C=O) groups excluding carboxylic acids is 2. The zero-order valence-electron chi connectivity index (χ0n) is 17.4. The topological polar surface area (TPSA) is 89.0 Å². The molecule has 0 saturated heterocycles. The molecule has 0 bridgehead atoms. The fraction of sp³-hybridized carbons (Fsp3) is 0.125. The van der Waals surface area contributed by atoms with Gasteiger partial charge >= 0.3 is 0 Å². The normalized spacial score (nSPS) is 10.6. The van der Waals surface area contributed by atoms with Crippen molar-refractivity contribution in [2.75, 3.05) is 13.7 Å². The van der Waals surface area contributed by atoms with Gasteiger partial charge in [-0.2, -0.15) is 5.10 Å². The lowest BCUT2D eigenvalue weighted by atomic mass is 10.2. The average Bonchev–Trinajstić information content (AvgIpc) is 2.82. The number of halogens is 1. The highest BCUT2D eigenvalue weighted by Gasteiger charge is 2.08. The Balaban J connectivity index is 1.52. The maximum atomic E-state index is 12.0. The van der Waals surface area contributed by atoms with Crippen molar-refractivity contribution in [3.05, 3.63) is 94.5 Å². The van der Waals surface area contributed by atoms with Crippen molar-refractivity contribution < 1.29 is 19.1 Å². The molecule has 0 aliphatic heterocycles. The number of hydrazone groups is 1. The Bertz CT molecular complexity index is 1100. The van der Waals surface area contributed by atoms with Crippen molar-refractivity contribution >= 4 is 29.6 Å². The molecule has 3 aromatic carbocycles. The summed E-state index contributed by atoms with van der Waals surface area (Å²) in [5.74, 6) is 0.277. The summed E-state index contributed by atoms with van der Waals surface area (Å²) in [5, 5.41) is 6.88. The Morgan fingerprint density at radius 1 is 1.00 bits per heavy atom. The molecule has 0 aliphatic carbocycles. The second kappa shape index (κ2) is 11.5. The summed E-state index contributed by atoms with van der Waals surface area (Å²) in [6, 6.07) is 21.5. The number of carbonyl (C=O) groups is 2. The van der Waals surface area contributed by atoms with Crippen molar-refractivity contribution in [1.29, 1.82) is 0 Å². The van der Waals surface area contributed by atoms with Crippen molar-refractivity contribution in [3.63, 3.8) is 0 Å². The van der Waals surface area contributed by atoms with E-state index in [0.29, 0.717) is 34.3 Å². The van der Waals surface area contributed by atoms with Crippen molar-refractivity contribution in [3.8, 4) is 11.5 Å². The van der Waals surface area contributed by atoms with Crippen molar-refractivity contribution in [2.45, 2.75) is 6.61 Å². The minimum atomic E-state index is -0.467. The van der Waals surface area contributed by atoms with E-state index in [9.17, 15) is 9.59 Å². The van der Waals surface area contributed by atoms with Gasteiger partial charge in [0, 0.05) is 10.6 Å². The largest absolute Gasteiger partial charge is 0.493 e. The summed E-state index contributed by atoms with van der Waals surface area (Å²) in [6.45, 7) is 0.164. The molecule has 0 unspecified atom stereocenters. The van der Waals surface area contributed by atoms with Crippen LogP contribution in [0.5, 0.6) is 11.5 Å². The van der Waals surface area contributed by atoms with Gasteiger partial charge in [0.25, 0.3) is 11.8 Å². The van der Waals surface area contributed by atoms with Crippen LogP contribution in [0.15, 0.2) is 77.9 Å². The van der Waals surface area contributed by atoms with Gasteiger partial charge in [-0.05, 0) is 47.5 Å². The van der Waals surface area contributed by atoms with E-state index in [1.807, 2.05) is 30.3 Å². The number of amides is 2. The molecule has 7 nitrogen and oxygen atoms in total. The summed E-state index contributed by atoms with van der Waals surface area (Å²) in [6.07, 6.45) is 1.48. The van der Waals surface area contributed by atoms with E-state index < -0.39 is 11.8 Å². The number of benzene rings is 3. The van der Waals surface area contributed by atoms with Crippen LogP contribution in [-0.2, 0) is 11.4 Å². The summed E-state index contributed by atoms with van der Waals surface area (Å²) in [5.41, 5.74) is 4.48. The summed E-state index contributed by atoms with van der Waals surface area (Å²) >= 11 is 5.86. The zero-order chi connectivity index (χ0) is 22.8. The van der Waals surface area contributed by atoms with Crippen LogP contribution in [-0.4, -0.2) is 31.7 Å². The van der Waals surface area contributed by atoms with Gasteiger partial charge in [0.05, 0.1) is 19.9 Å². The van der Waals surface area contributed by atoms with Crippen molar-refractivity contribution in [2.24, 2.45) is 5.10 Å². The SMILES string of the molecule is COc1ccc(/C=N/NC(=O)CNC(=O)c2cccc(Cl)c2)cc1OCc1ccccc1. The predicted octanol–water partition coefficient (Wildman–Crippen LogP) is 3.81. The van der Waals surface area contributed by atoms with Crippen LogP contribution in [0.1, 0.15) is 21.5 Å². The van der Waals surface area contributed by atoms with Gasteiger partial charge in [0.2, 0.25) is 0 Å². The second-order valence-electron chi connectivity index (χ2n) is 6.67. The van der Waals surface area contributed by atoms with E-state index in [-0.39, 0.29) is 6.54 Å². The predicted molar refractivity (Wildman–Crippen MR) is 123 cm³/mol. The monoisotopic (exact) mass is 451 g/mol. The van der Waals surface area contributed by atoms with Gasteiger partial charge in [-0.3, -0.25) is 9.59 Å². The Morgan fingerprint density at radius 3 is 2.56 bits per heavy atom. The molecule has 0 aromatic heterocycles. The molecule has 0 heterocycles. The van der Waals surface area contributed by atoms with Crippen LogP contribution < -0.4 is 20.2 Å². The highest BCUT2D eigenvalue weighted by molar-refractivity contribution is 6.31. The van der Waals surface area contributed by atoms with Crippen LogP contribution in [0.3, 0.4) is 0 Å². The Labute approximate surface area is 191 Å². The molecule has 164 valence electrons. The highest BCUT2D eigenvalue weighted by atomic mass is 35.5. The molecular weight excluding hydrogens is 430 g/mol. The molecule has 0 fully saturated rings. The Morgan fingerprint density at radius 2 is 1.81 bits per heavy atom. The van der Waals surface area contributed by atoms with Gasteiger partial charge in [-0.1, -0.05) is 48.0 Å². The van der Waals surface area contributed by atoms with E-state index in [4.69, 9.17) is 21.1 Å². The number of hydrogen-bond acceptors (Lipinski definition) is 5. The number of ether oxygens (including phenoxy) is 2. The van der Waals surface area contributed by atoms with Crippen LogP contribution in [0.2, 0.25) is 5.02 Å². The van der Waals surface area contributed by atoms with E-state index in [0.717, 1.165) is 5.56 Å². The molecule has 2 amide bonds. The highest BCUT2D eigenvalue weighted by Crippen LogP contribution is 2.28. The third kappa shape index (κ3) is 6.85. The first kappa shape index (κ1) is 22.8. The van der Waals surface area contributed by atoms with Gasteiger partial charge in [-0.25, -0.2) is 5.43 Å². The molecule has 32 heavy (non-hydrogen) atoms. The Hall–Kier alpha value is -3.84. The van der Waals surface area contributed by atoms with Crippen molar-refractivity contribution in [1.82, 2.24) is 10.7 Å². The van der Waals surface area contributed by atoms with E-state index in [2.05, 4.69) is 15.8 Å². The van der Waals surface area contributed by atoms with Gasteiger partial charge in [0.15, 0.2) is 11.5 Å². The first-order chi connectivity index (χ1) is 15.5. The summed E-state index contributed by atoms with van der Waals surface area (Å²) in [7, 11) is 1.57. The Kier molecular flexibility index (Phi) is 8.22. The minimum Gasteiger partial charge on any atom is -0.493 e. The fourth-order valence-electron chi connectivity index (χ4n) is 2.73. The summed E-state index contributed by atoms with van der Waals surface area (Å²) in [4.78, 5) is 24.0. The molecule has 2 N–H and O–H groups in total. The fourth-order valence-corrected chi connectivity index (χ4v) is 2.92. The molecule has 3 aromatic rings. The second-order valence-corrected chi connectivity index (χ2v) is 7.11. The molecule has 0 saturated carbocycles. The molecule has 0 spiro atoms.